The smallest absolute Gasteiger partial charge is 0.248 e. The van der Waals surface area contributed by atoms with Crippen LogP contribution in [0.5, 0.6) is 11.5 Å². The Kier molecular flexibility index (Phi) is 5.94. The van der Waals surface area contributed by atoms with Crippen LogP contribution in [0.3, 0.4) is 0 Å². The van der Waals surface area contributed by atoms with E-state index in [9.17, 15) is 9.59 Å². The summed E-state index contributed by atoms with van der Waals surface area (Å²) in [6.07, 6.45) is 2.72. The van der Waals surface area contributed by atoms with E-state index >= 15 is 0 Å². The molecule has 0 radical (unpaired) electrons. The topological polar surface area (TPSA) is 80.8 Å². The van der Waals surface area contributed by atoms with Gasteiger partial charge in [0.2, 0.25) is 11.8 Å². The maximum Gasteiger partial charge on any atom is 0.248 e. The molecule has 1 saturated heterocycles. The largest absolute Gasteiger partial charge is 0.493 e. The third kappa shape index (κ3) is 4.28. The minimum Gasteiger partial charge on any atom is -0.493 e. The molecule has 2 unspecified atom stereocenters. The molecule has 2 aromatic rings. The lowest BCUT2D eigenvalue weighted by atomic mass is 9.98. The third-order valence-corrected chi connectivity index (χ3v) is 6.49. The molecule has 1 aliphatic carbocycles. The van der Waals surface area contributed by atoms with Gasteiger partial charge in [0.15, 0.2) is 16.6 Å². The standard InChI is InChI=1S/C22H27N3O4S/c1-4-29-19-9-15(7-8-18(19)28-3)16-10-20(26)25(11-16)13(2)21(27)24-22-23-17(12-30-22)14-5-6-14/h7-9,12-14,16H,4-6,10-11H2,1-3H3,(H,23,24,27). The number of nitrogens with zero attached hydrogens (tertiary/aromatic N) is 2. The zero-order chi connectivity index (χ0) is 21.3. The molecule has 1 N–H and O–H groups in total. The van der Waals surface area contributed by atoms with Crippen molar-refractivity contribution in [3.63, 3.8) is 0 Å². The molecule has 2 amide bonds. The molecule has 1 aliphatic heterocycles. The number of benzene rings is 1. The molecule has 1 aromatic carbocycles. The number of hydrogen-bond acceptors (Lipinski definition) is 6. The first-order chi connectivity index (χ1) is 14.5. The fraction of sp³-hybridized carbons (Fsp3) is 0.500. The Hall–Kier alpha value is -2.61. The summed E-state index contributed by atoms with van der Waals surface area (Å²) in [6.45, 7) is 4.72. The van der Waals surface area contributed by atoms with Gasteiger partial charge in [-0.05, 0) is 44.4 Å². The highest BCUT2D eigenvalue weighted by Gasteiger charge is 2.36. The van der Waals surface area contributed by atoms with Crippen LogP contribution in [0.4, 0.5) is 5.13 Å². The van der Waals surface area contributed by atoms with Gasteiger partial charge in [-0.15, -0.1) is 11.3 Å². The second-order valence-electron chi connectivity index (χ2n) is 7.81. The minimum absolute atomic E-state index is 0.0131. The van der Waals surface area contributed by atoms with Crippen molar-refractivity contribution in [2.24, 2.45) is 0 Å². The number of methoxy groups -OCH3 is 1. The van der Waals surface area contributed by atoms with Gasteiger partial charge in [-0.2, -0.15) is 0 Å². The van der Waals surface area contributed by atoms with Crippen LogP contribution < -0.4 is 14.8 Å². The van der Waals surface area contributed by atoms with Crippen molar-refractivity contribution in [1.29, 1.82) is 0 Å². The lowest BCUT2D eigenvalue weighted by Crippen LogP contribution is -2.42. The number of thiazole rings is 1. The fourth-order valence-electron chi connectivity index (χ4n) is 3.81. The van der Waals surface area contributed by atoms with Gasteiger partial charge < -0.3 is 19.7 Å². The Morgan fingerprint density at radius 3 is 2.83 bits per heavy atom. The molecule has 160 valence electrons. The average molecular weight is 430 g/mol. The van der Waals surface area contributed by atoms with Gasteiger partial charge in [0.05, 0.1) is 19.4 Å². The number of amides is 2. The van der Waals surface area contributed by atoms with Crippen molar-refractivity contribution in [3.05, 3.63) is 34.8 Å². The van der Waals surface area contributed by atoms with Crippen molar-refractivity contribution in [2.45, 2.75) is 51.0 Å². The Labute approximate surface area is 180 Å². The molecule has 1 saturated carbocycles. The summed E-state index contributed by atoms with van der Waals surface area (Å²) in [4.78, 5) is 31.6. The van der Waals surface area contributed by atoms with Crippen LogP contribution >= 0.6 is 11.3 Å². The zero-order valence-electron chi connectivity index (χ0n) is 17.5. The van der Waals surface area contributed by atoms with E-state index in [-0.39, 0.29) is 17.7 Å². The summed E-state index contributed by atoms with van der Waals surface area (Å²) in [5, 5.41) is 5.49. The number of rotatable bonds is 8. The summed E-state index contributed by atoms with van der Waals surface area (Å²) in [5.74, 6) is 1.68. The maximum atomic E-state index is 12.7. The molecule has 4 rings (SSSR count). The molecule has 2 fully saturated rings. The van der Waals surface area contributed by atoms with E-state index in [1.807, 2.05) is 30.5 Å². The van der Waals surface area contributed by atoms with E-state index in [0.717, 1.165) is 11.3 Å². The van der Waals surface area contributed by atoms with Gasteiger partial charge in [-0.3, -0.25) is 9.59 Å². The lowest BCUT2D eigenvalue weighted by Gasteiger charge is -2.23. The number of likely N-dealkylation sites (tertiary alicyclic amines) is 1. The molecule has 0 spiro atoms. The molecular formula is C22H27N3O4S. The molecule has 30 heavy (non-hydrogen) atoms. The highest BCUT2D eigenvalue weighted by Crippen LogP contribution is 2.41. The Morgan fingerprint density at radius 1 is 1.33 bits per heavy atom. The van der Waals surface area contributed by atoms with Gasteiger partial charge in [0.1, 0.15) is 6.04 Å². The number of ether oxygens (including phenoxy) is 2. The highest BCUT2D eigenvalue weighted by molar-refractivity contribution is 7.13. The predicted molar refractivity (Wildman–Crippen MR) is 115 cm³/mol. The minimum atomic E-state index is -0.555. The van der Waals surface area contributed by atoms with Crippen LogP contribution in [0.1, 0.15) is 56.2 Å². The third-order valence-electron chi connectivity index (χ3n) is 5.71. The summed E-state index contributed by atoms with van der Waals surface area (Å²) in [6, 6.07) is 5.20. The van der Waals surface area contributed by atoms with Crippen molar-refractivity contribution in [2.75, 3.05) is 25.6 Å². The van der Waals surface area contributed by atoms with Crippen LogP contribution in [0.15, 0.2) is 23.6 Å². The molecule has 1 aromatic heterocycles. The van der Waals surface area contributed by atoms with E-state index in [0.29, 0.717) is 42.1 Å². The second kappa shape index (κ2) is 8.63. The van der Waals surface area contributed by atoms with Crippen LogP contribution in [-0.2, 0) is 9.59 Å². The number of hydrogen-bond donors (Lipinski definition) is 1. The van der Waals surface area contributed by atoms with E-state index in [4.69, 9.17) is 9.47 Å². The first-order valence-electron chi connectivity index (χ1n) is 10.4. The summed E-state index contributed by atoms with van der Waals surface area (Å²) < 4.78 is 11.0. The maximum absolute atomic E-state index is 12.7. The van der Waals surface area contributed by atoms with Crippen molar-refractivity contribution in [3.8, 4) is 11.5 Å². The van der Waals surface area contributed by atoms with E-state index in [2.05, 4.69) is 10.3 Å². The number of nitrogens with one attached hydrogen (secondary N) is 1. The van der Waals surface area contributed by atoms with Crippen molar-refractivity contribution < 1.29 is 19.1 Å². The quantitative estimate of drug-likeness (QED) is 0.691. The van der Waals surface area contributed by atoms with Gasteiger partial charge >= 0.3 is 0 Å². The second-order valence-corrected chi connectivity index (χ2v) is 8.67. The molecule has 2 aliphatic rings. The number of carbonyl (C=O) groups excluding carboxylic acids is 2. The summed E-state index contributed by atoms with van der Waals surface area (Å²) in [5.41, 5.74) is 2.07. The Bertz CT molecular complexity index is 940. The molecule has 2 atom stereocenters. The van der Waals surface area contributed by atoms with Gasteiger partial charge in [0.25, 0.3) is 0 Å². The number of aromatic nitrogens is 1. The van der Waals surface area contributed by atoms with E-state index in [1.54, 1.807) is 18.9 Å². The number of anilines is 1. The Morgan fingerprint density at radius 2 is 2.13 bits per heavy atom. The summed E-state index contributed by atoms with van der Waals surface area (Å²) in [7, 11) is 1.61. The lowest BCUT2D eigenvalue weighted by molar-refractivity contribution is -0.134. The normalized spacial score (nSPS) is 19.6. The summed E-state index contributed by atoms with van der Waals surface area (Å²) >= 11 is 1.44. The van der Waals surface area contributed by atoms with Crippen LogP contribution in [0.25, 0.3) is 0 Å². The monoisotopic (exact) mass is 429 g/mol. The van der Waals surface area contributed by atoms with Gasteiger partial charge in [-0.1, -0.05) is 6.07 Å². The zero-order valence-corrected chi connectivity index (χ0v) is 18.3. The van der Waals surface area contributed by atoms with Crippen LogP contribution in [0, 0.1) is 0 Å². The van der Waals surface area contributed by atoms with Crippen LogP contribution in [0.2, 0.25) is 0 Å². The van der Waals surface area contributed by atoms with Crippen molar-refractivity contribution >= 4 is 28.3 Å². The Balaban J connectivity index is 1.42. The SMILES string of the molecule is CCOc1cc(C2CC(=O)N(C(C)C(=O)Nc3nc(C4CC4)cs3)C2)ccc1OC. The first kappa shape index (κ1) is 20.7. The molecular weight excluding hydrogens is 402 g/mol. The van der Waals surface area contributed by atoms with Crippen molar-refractivity contribution in [1.82, 2.24) is 9.88 Å². The average Bonchev–Trinajstić information content (AvgIpc) is 3.37. The molecule has 0 bridgehead atoms. The molecule has 8 heteroatoms. The van der Waals surface area contributed by atoms with Gasteiger partial charge in [0, 0.05) is 30.2 Å². The highest BCUT2D eigenvalue weighted by atomic mass is 32.1. The molecule has 2 heterocycles. The van der Waals surface area contributed by atoms with Crippen LogP contribution in [-0.4, -0.2) is 48.0 Å². The van der Waals surface area contributed by atoms with Gasteiger partial charge in [-0.25, -0.2) is 4.98 Å². The van der Waals surface area contributed by atoms with E-state index < -0.39 is 6.04 Å². The fourth-order valence-corrected chi connectivity index (χ4v) is 4.60. The number of carbonyl (C=O) groups is 2. The first-order valence-corrected chi connectivity index (χ1v) is 11.2. The van der Waals surface area contributed by atoms with E-state index in [1.165, 1.54) is 24.2 Å². The predicted octanol–water partition coefficient (Wildman–Crippen LogP) is 3.77. The molecule has 7 nitrogen and oxygen atoms in total.